The van der Waals surface area contributed by atoms with Gasteiger partial charge in [-0.25, -0.2) is 4.98 Å². The number of rotatable bonds is 3. The highest BCUT2D eigenvalue weighted by molar-refractivity contribution is 14.1. The van der Waals surface area contributed by atoms with E-state index < -0.39 is 10.8 Å². The van der Waals surface area contributed by atoms with Gasteiger partial charge in [-0.2, -0.15) is 0 Å². The number of halogens is 1. The second-order valence-corrected chi connectivity index (χ2v) is 5.73. The second kappa shape index (κ2) is 7.22. The summed E-state index contributed by atoms with van der Waals surface area (Å²) in [6.07, 6.45) is 1.65. The molecule has 1 aromatic heterocycles. The molecule has 1 amide bonds. The zero-order valence-corrected chi connectivity index (χ0v) is 13.9. The molecule has 0 radical (unpaired) electrons. The van der Waals surface area contributed by atoms with Crippen molar-refractivity contribution in [1.29, 1.82) is 0 Å². The molecule has 0 aliphatic carbocycles. The molecule has 0 fully saturated rings. The molecule has 112 valence electrons. The number of benzene rings is 1. The lowest BCUT2D eigenvalue weighted by molar-refractivity contribution is -0.384. The summed E-state index contributed by atoms with van der Waals surface area (Å²) in [6, 6.07) is 8.94. The van der Waals surface area contributed by atoms with Crippen LogP contribution in [0.3, 0.4) is 0 Å². The van der Waals surface area contributed by atoms with Gasteiger partial charge >= 0.3 is 0 Å². The Morgan fingerprint density at radius 3 is 2.73 bits per heavy atom. The van der Waals surface area contributed by atoms with Crippen LogP contribution < -0.4 is 10.6 Å². The fraction of sp³-hybridized carbons (Fsp3) is 0. The first-order valence-corrected chi connectivity index (χ1v) is 7.43. The molecular weight excluding hydrogens is 419 g/mol. The van der Waals surface area contributed by atoms with Gasteiger partial charge in [-0.05, 0) is 53.0 Å². The molecule has 0 saturated heterocycles. The lowest BCUT2D eigenvalue weighted by atomic mass is 10.2. The highest BCUT2D eigenvalue weighted by atomic mass is 127. The van der Waals surface area contributed by atoms with Gasteiger partial charge in [0.2, 0.25) is 0 Å². The van der Waals surface area contributed by atoms with E-state index in [1.165, 1.54) is 24.3 Å². The van der Waals surface area contributed by atoms with Gasteiger partial charge in [-0.1, -0.05) is 6.07 Å². The maximum Gasteiger partial charge on any atom is 0.270 e. The van der Waals surface area contributed by atoms with Crippen molar-refractivity contribution >= 4 is 57.3 Å². The van der Waals surface area contributed by atoms with E-state index >= 15 is 0 Å². The molecule has 22 heavy (non-hydrogen) atoms. The van der Waals surface area contributed by atoms with E-state index in [1.807, 2.05) is 6.07 Å². The Morgan fingerprint density at radius 2 is 2.09 bits per heavy atom. The van der Waals surface area contributed by atoms with Crippen LogP contribution in [-0.4, -0.2) is 20.9 Å². The zero-order valence-electron chi connectivity index (χ0n) is 10.9. The van der Waals surface area contributed by atoms with Crippen molar-refractivity contribution in [3.8, 4) is 0 Å². The summed E-state index contributed by atoms with van der Waals surface area (Å²) >= 11 is 7.13. The topological polar surface area (TPSA) is 97.2 Å². The van der Waals surface area contributed by atoms with Gasteiger partial charge in [0.05, 0.1) is 4.92 Å². The van der Waals surface area contributed by atoms with Crippen molar-refractivity contribution < 1.29 is 9.72 Å². The monoisotopic (exact) mass is 428 g/mol. The van der Waals surface area contributed by atoms with E-state index in [4.69, 9.17) is 12.2 Å². The number of nitrogens with one attached hydrogen (secondary N) is 2. The number of carbonyl (C=O) groups is 1. The third kappa shape index (κ3) is 4.43. The molecule has 2 rings (SSSR count). The van der Waals surface area contributed by atoms with Crippen molar-refractivity contribution in [3.05, 3.63) is 61.8 Å². The zero-order chi connectivity index (χ0) is 16.1. The maximum absolute atomic E-state index is 12.0. The summed E-state index contributed by atoms with van der Waals surface area (Å²) < 4.78 is 0.967. The molecule has 0 atom stereocenters. The smallest absolute Gasteiger partial charge is 0.270 e. The summed E-state index contributed by atoms with van der Waals surface area (Å²) in [6.45, 7) is 0. The Labute approximate surface area is 144 Å². The molecule has 2 N–H and O–H groups in total. The van der Waals surface area contributed by atoms with E-state index in [1.54, 1.807) is 12.3 Å². The highest BCUT2D eigenvalue weighted by Gasteiger charge is 2.12. The van der Waals surface area contributed by atoms with Crippen LogP contribution in [0.15, 0.2) is 42.6 Å². The van der Waals surface area contributed by atoms with Crippen LogP contribution in [0.4, 0.5) is 11.5 Å². The van der Waals surface area contributed by atoms with Gasteiger partial charge in [0.1, 0.15) is 5.82 Å². The van der Waals surface area contributed by atoms with E-state index in [9.17, 15) is 14.9 Å². The van der Waals surface area contributed by atoms with Crippen LogP contribution in [0.1, 0.15) is 10.4 Å². The molecule has 1 aromatic carbocycles. The molecule has 0 bridgehead atoms. The number of thiocarbonyl (C=S) groups is 1. The first-order chi connectivity index (χ1) is 10.5. The first kappa shape index (κ1) is 16.2. The minimum absolute atomic E-state index is 0.0604. The number of anilines is 1. The number of pyridine rings is 1. The Bertz CT molecular complexity index is 736. The molecule has 0 unspecified atom stereocenters. The van der Waals surface area contributed by atoms with Crippen LogP contribution in [-0.2, 0) is 0 Å². The van der Waals surface area contributed by atoms with Crippen molar-refractivity contribution in [1.82, 2.24) is 10.3 Å². The number of non-ortho nitro benzene ring substituents is 1. The van der Waals surface area contributed by atoms with Crippen molar-refractivity contribution in [3.63, 3.8) is 0 Å². The lowest BCUT2D eigenvalue weighted by Gasteiger charge is -2.08. The van der Waals surface area contributed by atoms with Gasteiger partial charge in [0, 0.05) is 27.5 Å². The number of nitrogens with zero attached hydrogens (tertiary/aromatic N) is 2. The molecule has 1 heterocycles. The largest absolute Gasteiger partial charge is 0.317 e. The van der Waals surface area contributed by atoms with Crippen molar-refractivity contribution in [2.24, 2.45) is 0 Å². The quantitative estimate of drug-likeness (QED) is 0.338. The molecule has 0 saturated carbocycles. The Morgan fingerprint density at radius 1 is 1.32 bits per heavy atom. The second-order valence-electron chi connectivity index (χ2n) is 4.08. The molecule has 0 aliphatic rings. The average Bonchev–Trinajstić information content (AvgIpc) is 2.49. The number of nitro groups is 1. The normalized spacial score (nSPS) is 9.86. The van der Waals surface area contributed by atoms with E-state index in [2.05, 4.69) is 38.2 Å². The number of amides is 1. The number of nitro benzene ring substituents is 1. The van der Waals surface area contributed by atoms with E-state index in [-0.39, 0.29) is 16.4 Å². The predicted octanol–water partition coefficient (Wildman–Crippen LogP) is 2.72. The average molecular weight is 428 g/mol. The molecule has 0 aliphatic heterocycles. The summed E-state index contributed by atoms with van der Waals surface area (Å²) in [7, 11) is 0. The van der Waals surface area contributed by atoms with Crippen LogP contribution >= 0.6 is 34.8 Å². The van der Waals surface area contributed by atoms with Crippen LogP contribution in [0, 0.1) is 13.7 Å². The van der Waals surface area contributed by atoms with Gasteiger partial charge in [0.15, 0.2) is 5.11 Å². The van der Waals surface area contributed by atoms with Crippen molar-refractivity contribution in [2.75, 3.05) is 5.32 Å². The highest BCUT2D eigenvalue weighted by Crippen LogP contribution is 2.13. The van der Waals surface area contributed by atoms with Gasteiger partial charge in [-0.15, -0.1) is 0 Å². The third-order valence-corrected chi connectivity index (χ3v) is 3.36. The van der Waals surface area contributed by atoms with Crippen LogP contribution in [0.5, 0.6) is 0 Å². The van der Waals surface area contributed by atoms with Gasteiger partial charge in [0.25, 0.3) is 11.6 Å². The fourth-order valence-corrected chi connectivity index (χ4v) is 2.05. The fourth-order valence-electron chi connectivity index (χ4n) is 1.53. The van der Waals surface area contributed by atoms with E-state index in [0.29, 0.717) is 5.82 Å². The SMILES string of the molecule is O=C(NC(=S)Nc1ccc(I)cn1)c1cccc([N+](=O)[O-])c1. The summed E-state index contributed by atoms with van der Waals surface area (Å²) in [5.41, 5.74) is -0.0141. The van der Waals surface area contributed by atoms with Crippen LogP contribution in [0.25, 0.3) is 0 Å². The Hall–Kier alpha value is -2.14. The summed E-state index contributed by atoms with van der Waals surface area (Å²) in [5.74, 6) is -0.0449. The number of hydrogen-bond donors (Lipinski definition) is 2. The molecular formula is C13H9IN4O3S. The predicted molar refractivity (Wildman–Crippen MR) is 93.7 cm³/mol. The molecule has 9 heteroatoms. The number of hydrogen-bond acceptors (Lipinski definition) is 5. The number of carbonyl (C=O) groups excluding carboxylic acids is 1. The van der Waals surface area contributed by atoms with Gasteiger partial charge < -0.3 is 5.32 Å². The molecule has 7 nitrogen and oxygen atoms in total. The molecule has 0 spiro atoms. The molecule has 2 aromatic rings. The van der Waals surface area contributed by atoms with Crippen molar-refractivity contribution in [2.45, 2.75) is 0 Å². The van der Waals surface area contributed by atoms with E-state index in [0.717, 1.165) is 3.57 Å². The third-order valence-electron chi connectivity index (χ3n) is 2.52. The summed E-state index contributed by atoms with van der Waals surface area (Å²) in [4.78, 5) is 26.2. The maximum atomic E-state index is 12.0. The standard InChI is InChI=1S/C13H9IN4O3S/c14-9-4-5-11(15-7-9)16-13(22)17-12(19)8-2-1-3-10(6-8)18(20)21/h1-7H,(H2,15,16,17,19,22). The minimum atomic E-state index is -0.567. The Balaban J connectivity index is 2.02. The lowest BCUT2D eigenvalue weighted by Crippen LogP contribution is -2.34. The van der Waals surface area contributed by atoms with Crippen LogP contribution in [0.2, 0.25) is 0 Å². The summed E-state index contributed by atoms with van der Waals surface area (Å²) in [5, 5.41) is 16.0. The van der Waals surface area contributed by atoms with Gasteiger partial charge in [-0.3, -0.25) is 20.2 Å². The minimum Gasteiger partial charge on any atom is -0.317 e. The number of aromatic nitrogens is 1. The Kier molecular flexibility index (Phi) is 5.33. The first-order valence-electron chi connectivity index (χ1n) is 5.94.